The van der Waals surface area contributed by atoms with Crippen molar-refractivity contribution in [3.8, 4) is 0 Å². The lowest BCUT2D eigenvalue weighted by Gasteiger charge is -2.28. The summed E-state index contributed by atoms with van der Waals surface area (Å²) in [5, 5.41) is 54.0. The SMILES string of the molecule is CC1=C(CCC(=O)O)C2CC3NC(CC4NC(CC5NC(CC1N2)C(C)C5CCC(=O)O)C(CCC(=O)O)C4C)C(CCC(=O)O)=C3C. The van der Waals surface area contributed by atoms with E-state index in [9.17, 15) is 39.6 Å². The predicted octanol–water partition coefficient (Wildman–Crippen LogP) is 3.52. The second-order valence-electron chi connectivity index (χ2n) is 15.4. The van der Waals surface area contributed by atoms with Crippen molar-refractivity contribution in [2.24, 2.45) is 23.7 Å². The van der Waals surface area contributed by atoms with Crippen LogP contribution in [0.3, 0.4) is 0 Å². The zero-order valence-electron chi connectivity index (χ0n) is 28.8. The van der Waals surface area contributed by atoms with Gasteiger partial charge in [0.15, 0.2) is 0 Å². The first-order valence-electron chi connectivity index (χ1n) is 18.0. The second kappa shape index (κ2) is 15.4. The topological polar surface area (TPSA) is 197 Å². The van der Waals surface area contributed by atoms with Crippen LogP contribution in [0.2, 0.25) is 0 Å². The van der Waals surface area contributed by atoms with Crippen LogP contribution >= 0.6 is 0 Å². The van der Waals surface area contributed by atoms with E-state index in [-0.39, 0.29) is 97.7 Å². The summed E-state index contributed by atoms with van der Waals surface area (Å²) in [6, 6.07) is 0.397. The predicted molar refractivity (Wildman–Crippen MR) is 180 cm³/mol. The van der Waals surface area contributed by atoms with Gasteiger partial charge < -0.3 is 41.7 Å². The summed E-state index contributed by atoms with van der Waals surface area (Å²) < 4.78 is 0. The molecule has 5 aliphatic rings. The van der Waals surface area contributed by atoms with Crippen LogP contribution in [0.4, 0.5) is 0 Å². The standard InChI is InChI=1S/C36H56N4O8/c1-17-21(5-9-33(41)42)29-14-27-19(3)22(6-10-34(43)44)30(39-27)15-28-20(4)24(8-12-36(47)48)32(40-28)16-31-23(7-11-35(45)46)18(2)26(38-31)13-25(17)37-29/h18,20,23-32,37-40H,5-16H2,1-4H3,(H,41,42)(H,43,44)(H,45,46)(H,47,48). The summed E-state index contributed by atoms with van der Waals surface area (Å²) >= 11 is 0. The van der Waals surface area contributed by atoms with Gasteiger partial charge in [-0.05, 0) is 88.9 Å². The smallest absolute Gasteiger partial charge is 0.303 e. The van der Waals surface area contributed by atoms with Crippen molar-refractivity contribution in [2.45, 2.75) is 153 Å². The van der Waals surface area contributed by atoms with Crippen molar-refractivity contribution in [3.05, 3.63) is 22.3 Å². The molecule has 12 atom stereocenters. The van der Waals surface area contributed by atoms with Gasteiger partial charge in [-0.3, -0.25) is 19.2 Å². The van der Waals surface area contributed by atoms with E-state index in [0.29, 0.717) is 25.7 Å². The minimum absolute atomic E-state index is 0.0131. The lowest BCUT2D eigenvalue weighted by molar-refractivity contribution is -0.138. The Balaban J connectivity index is 1.51. The average molecular weight is 673 g/mol. The molecule has 12 nitrogen and oxygen atoms in total. The maximum atomic E-state index is 11.7. The van der Waals surface area contributed by atoms with Crippen molar-refractivity contribution < 1.29 is 39.6 Å². The molecular formula is C36H56N4O8. The van der Waals surface area contributed by atoms with Crippen LogP contribution in [-0.2, 0) is 19.2 Å². The van der Waals surface area contributed by atoms with Crippen LogP contribution in [0.1, 0.15) is 105 Å². The maximum absolute atomic E-state index is 11.7. The van der Waals surface area contributed by atoms with Gasteiger partial charge in [-0.1, -0.05) is 36.1 Å². The van der Waals surface area contributed by atoms with E-state index in [2.05, 4.69) is 49.0 Å². The van der Waals surface area contributed by atoms with Crippen LogP contribution in [0.15, 0.2) is 22.3 Å². The third-order valence-electron chi connectivity index (χ3n) is 12.8. The van der Waals surface area contributed by atoms with Gasteiger partial charge >= 0.3 is 23.9 Å². The normalized spacial score (nSPS) is 38.1. The highest BCUT2D eigenvalue weighted by Crippen LogP contribution is 2.43. The lowest BCUT2D eigenvalue weighted by Crippen LogP contribution is -2.46. The number of aliphatic carboxylic acids is 4. The van der Waals surface area contributed by atoms with Gasteiger partial charge in [0, 0.05) is 74.0 Å². The maximum Gasteiger partial charge on any atom is 0.303 e. The van der Waals surface area contributed by atoms with Crippen LogP contribution < -0.4 is 21.3 Å². The number of hydrogen-bond donors (Lipinski definition) is 8. The first kappa shape index (κ1) is 36.5. The number of hydrogen-bond acceptors (Lipinski definition) is 8. The minimum Gasteiger partial charge on any atom is -0.481 e. The Labute approximate surface area is 283 Å². The summed E-state index contributed by atoms with van der Waals surface area (Å²) in [5.74, 6) is -2.55. The molecule has 0 aromatic carbocycles. The van der Waals surface area contributed by atoms with Gasteiger partial charge in [-0.25, -0.2) is 0 Å². The van der Waals surface area contributed by atoms with Crippen LogP contribution in [0.25, 0.3) is 0 Å². The molecule has 5 aliphatic heterocycles. The Hall–Kier alpha value is -2.80. The minimum atomic E-state index is -0.832. The van der Waals surface area contributed by atoms with Crippen LogP contribution in [0.5, 0.6) is 0 Å². The number of nitrogens with one attached hydrogen (secondary N) is 4. The van der Waals surface area contributed by atoms with Crippen molar-refractivity contribution in [1.29, 1.82) is 0 Å². The third kappa shape index (κ3) is 8.14. The third-order valence-corrected chi connectivity index (χ3v) is 12.8. The monoisotopic (exact) mass is 672 g/mol. The van der Waals surface area contributed by atoms with Crippen molar-refractivity contribution in [1.82, 2.24) is 21.3 Å². The van der Waals surface area contributed by atoms with Crippen molar-refractivity contribution >= 4 is 23.9 Å². The van der Waals surface area contributed by atoms with Gasteiger partial charge in [-0.2, -0.15) is 0 Å². The molecule has 0 radical (unpaired) electrons. The highest BCUT2D eigenvalue weighted by atomic mass is 16.4. The molecule has 12 unspecified atom stereocenters. The Morgan fingerprint density at radius 2 is 0.896 bits per heavy atom. The van der Waals surface area contributed by atoms with Crippen LogP contribution in [-0.4, -0.2) is 92.6 Å². The molecule has 8 bridgehead atoms. The number of carboxylic acid groups (broad SMARTS) is 4. The molecule has 0 aromatic rings. The number of carboxylic acids is 4. The van der Waals surface area contributed by atoms with Gasteiger partial charge in [-0.15, -0.1) is 0 Å². The Kier molecular flexibility index (Phi) is 11.7. The van der Waals surface area contributed by atoms with E-state index < -0.39 is 23.9 Å². The molecule has 48 heavy (non-hydrogen) atoms. The molecule has 5 heterocycles. The molecule has 8 N–H and O–H groups in total. The molecule has 3 fully saturated rings. The summed E-state index contributed by atoms with van der Waals surface area (Å²) in [4.78, 5) is 46.8. The number of rotatable bonds is 12. The largest absolute Gasteiger partial charge is 0.481 e. The van der Waals surface area contributed by atoms with E-state index in [1.807, 2.05) is 0 Å². The average Bonchev–Trinajstić information content (AvgIpc) is 3.66. The van der Waals surface area contributed by atoms with E-state index in [1.165, 1.54) is 11.1 Å². The molecule has 12 heteroatoms. The Morgan fingerprint density at radius 3 is 1.31 bits per heavy atom. The molecule has 0 spiro atoms. The number of fused-ring (bicyclic) bond motifs is 8. The zero-order chi connectivity index (χ0) is 34.9. The highest BCUT2D eigenvalue weighted by Gasteiger charge is 2.48. The molecule has 3 saturated heterocycles. The molecule has 0 amide bonds. The van der Waals surface area contributed by atoms with Gasteiger partial charge in [0.1, 0.15) is 0 Å². The summed E-state index contributed by atoms with van der Waals surface area (Å²) in [7, 11) is 0. The first-order valence-corrected chi connectivity index (χ1v) is 18.0. The fourth-order valence-electron chi connectivity index (χ4n) is 10.1. The summed E-state index contributed by atoms with van der Waals surface area (Å²) in [6.45, 7) is 8.65. The van der Waals surface area contributed by atoms with Gasteiger partial charge in [0.05, 0.1) is 0 Å². The first-order chi connectivity index (χ1) is 22.7. The molecular weight excluding hydrogens is 616 g/mol. The van der Waals surface area contributed by atoms with E-state index >= 15 is 0 Å². The fourth-order valence-corrected chi connectivity index (χ4v) is 10.1. The molecule has 0 aromatic heterocycles. The quantitative estimate of drug-likeness (QED) is 0.141. The Bertz CT molecular complexity index is 1310. The number of carbonyl (C=O) groups is 4. The van der Waals surface area contributed by atoms with Gasteiger partial charge in [0.2, 0.25) is 0 Å². The lowest BCUT2D eigenvalue weighted by atomic mass is 9.78. The summed E-state index contributed by atoms with van der Waals surface area (Å²) in [5.41, 5.74) is 4.65. The van der Waals surface area contributed by atoms with Gasteiger partial charge in [0.25, 0.3) is 0 Å². The van der Waals surface area contributed by atoms with E-state index in [4.69, 9.17) is 0 Å². The van der Waals surface area contributed by atoms with Crippen molar-refractivity contribution in [3.63, 3.8) is 0 Å². The Morgan fingerprint density at radius 1 is 0.521 bits per heavy atom. The molecule has 0 saturated carbocycles. The second-order valence-corrected chi connectivity index (χ2v) is 15.4. The summed E-state index contributed by atoms with van der Waals surface area (Å²) in [6.07, 6.45) is 5.43. The molecule has 0 aliphatic carbocycles. The van der Waals surface area contributed by atoms with Crippen molar-refractivity contribution in [2.75, 3.05) is 0 Å². The molecule has 5 rings (SSSR count). The zero-order valence-corrected chi connectivity index (χ0v) is 28.8. The van der Waals surface area contributed by atoms with E-state index in [0.717, 1.165) is 36.8 Å². The highest BCUT2D eigenvalue weighted by molar-refractivity contribution is 5.68. The van der Waals surface area contributed by atoms with Crippen LogP contribution in [0, 0.1) is 23.7 Å². The van der Waals surface area contributed by atoms with E-state index in [1.54, 1.807) is 0 Å². The fraction of sp³-hybridized carbons (Fsp3) is 0.778. The molecule has 268 valence electrons.